The minimum Gasteiger partial charge on any atom is -1.00 e. The number of hydrogen-bond donors (Lipinski definition) is 0. The summed E-state index contributed by atoms with van der Waals surface area (Å²) in [6, 6.07) is 0. The molecule has 0 saturated heterocycles. The van der Waals surface area contributed by atoms with Gasteiger partial charge < -0.3 is 24.8 Å². The molecular weight excluding hydrogens is 318 g/mol. The maximum absolute atomic E-state index is 2.65. The molecule has 0 amide bonds. The van der Waals surface area contributed by atoms with Gasteiger partial charge in [0.05, 0.1) is 0 Å². The first-order valence-electron chi connectivity index (χ1n) is 5.43. The van der Waals surface area contributed by atoms with E-state index in [2.05, 4.69) is 50.4 Å². The van der Waals surface area contributed by atoms with Gasteiger partial charge in [-0.1, -0.05) is 0 Å². The molecule has 0 N–H and O–H groups in total. The Morgan fingerprint density at radius 3 is 1.44 bits per heavy atom. The van der Waals surface area contributed by atoms with E-state index in [-0.39, 0.29) is 24.8 Å². The first-order valence-corrected chi connectivity index (χ1v) is 15.3. The summed E-state index contributed by atoms with van der Waals surface area (Å²) in [7, 11) is 0. The molecule has 0 atom stereocenters. The fourth-order valence-electron chi connectivity index (χ4n) is 2.40. The Morgan fingerprint density at radius 2 is 1.19 bits per heavy atom. The Kier molecular flexibility index (Phi) is 5.52. The van der Waals surface area contributed by atoms with Crippen LogP contribution in [0.4, 0.5) is 0 Å². The van der Waals surface area contributed by atoms with Crippen LogP contribution in [0.15, 0.2) is 43.0 Å². The fraction of sp³-hybridized carbons (Fsp3) is 0.385. The van der Waals surface area contributed by atoms with Crippen molar-refractivity contribution in [2.24, 2.45) is 0 Å². The second kappa shape index (κ2) is 5.38. The Morgan fingerprint density at radius 1 is 0.812 bits per heavy atom. The Balaban J connectivity index is 0.00000112. The smallest absolute Gasteiger partial charge is 1.00 e. The van der Waals surface area contributed by atoms with Crippen molar-refractivity contribution in [2.75, 3.05) is 0 Å². The van der Waals surface area contributed by atoms with Gasteiger partial charge in [0.25, 0.3) is 0 Å². The predicted molar refractivity (Wildman–Crippen MR) is 61.3 cm³/mol. The molecule has 0 heterocycles. The number of allylic oxidation sites excluding steroid dienone is 8. The molecule has 16 heavy (non-hydrogen) atoms. The van der Waals surface area contributed by atoms with E-state index in [1.54, 1.807) is 6.56 Å². The number of rotatable bonds is 2. The zero-order valence-corrected chi connectivity index (χ0v) is 14.1. The van der Waals surface area contributed by atoms with Gasteiger partial charge in [-0.25, -0.2) is 0 Å². The zero-order valence-electron chi connectivity index (χ0n) is 10.1. The normalized spacial score (nSPS) is 18.8. The first-order chi connectivity index (χ1) is 6.49. The zero-order chi connectivity index (χ0) is 10.3. The molecule has 2 aliphatic carbocycles. The maximum atomic E-state index is 2.55. The topological polar surface area (TPSA) is 0 Å². The fourth-order valence-corrected chi connectivity index (χ4v) is 10.8. The van der Waals surface area contributed by atoms with E-state index in [0.717, 1.165) is 0 Å². The minimum atomic E-state index is -2.65. The van der Waals surface area contributed by atoms with Crippen LogP contribution in [-0.2, 0) is 18.8 Å². The van der Waals surface area contributed by atoms with Crippen molar-refractivity contribution in [1.29, 1.82) is 0 Å². The van der Waals surface area contributed by atoms with Crippen LogP contribution in [0.2, 0.25) is 13.9 Å². The summed E-state index contributed by atoms with van der Waals surface area (Å²) < 4.78 is 11.1. The average Bonchev–Trinajstić information content (AvgIpc) is 2.78. The predicted octanol–water partition coefficient (Wildman–Crippen LogP) is -1.48. The molecule has 2 rings (SSSR count). The summed E-state index contributed by atoms with van der Waals surface area (Å²) in [5.74, 6) is 0. The molecule has 0 aromatic heterocycles. The van der Waals surface area contributed by atoms with Gasteiger partial charge in [-0.05, 0) is 0 Å². The molecule has 89 valence electrons. The Hall–Kier alpha value is 0.423. The van der Waals surface area contributed by atoms with E-state index in [1.807, 2.05) is 0 Å². The molecule has 0 saturated carbocycles. The van der Waals surface area contributed by atoms with E-state index in [4.69, 9.17) is 0 Å². The van der Waals surface area contributed by atoms with Crippen LogP contribution in [0, 0.1) is 0 Å². The summed E-state index contributed by atoms with van der Waals surface area (Å²) in [6.45, 7) is 0. The van der Waals surface area contributed by atoms with Gasteiger partial charge in [0.2, 0.25) is 0 Å². The molecule has 0 aromatic carbocycles. The molecule has 0 aliphatic heterocycles. The van der Waals surface area contributed by atoms with Crippen molar-refractivity contribution in [3.05, 3.63) is 43.0 Å². The van der Waals surface area contributed by atoms with Gasteiger partial charge in [0, 0.05) is 0 Å². The summed E-state index contributed by atoms with van der Waals surface area (Å²) in [4.78, 5) is 0. The van der Waals surface area contributed by atoms with Gasteiger partial charge in [0.15, 0.2) is 0 Å². The third kappa shape index (κ3) is 2.81. The monoisotopic (exact) mass is 335 g/mol. The third-order valence-electron chi connectivity index (χ3n) is 3.79. The molecule has 0 bridgehead atoms. The third-order valence-corrected chi connectivity index (χ3v) is 16.7. The first kappa shape index (κ1) is 16.4. The van der Waals surface area contributed by atoms with Gasteiger partial charge in [-0.3, -0.25) is 0 Å². The Labute approximate surface area is 113 Å². The van der Waals surface area contributed by atoms with Crippen molar-refractivity contribution in [2.45, 2.75) is 26.7 Å². The van der Waals surface area contributed by atoms with Crippen LogP contribution < -0.4 is 24.8 Å². The van der Waals surface area contributed by atoms with E-state index in [9.17, 15) is 0 Å². The number of halogens is 2. The van der Waals surface area contributed by atoms with Crippen LogP contribution in [-0.4, -0.2) is 0 Å². The van der Waals surface area contributed by atoms with Crippen molar-refractivity contribution in [1.82, 2.24) is 0 Å². The second-order valence-corrected chi connectivity index (χ2v) is 24.3. The van der Waals surface area contributed by atoms with Crippen LogP contribution in [0.25, 0.3) is 0 Å². The molecule has 0 spiro atoms. The van der Waals surface area contributed by atoms with E-state index < -0.39 is 18.8 Å². The van der Waals surface area contributed by atoms with Crippen LogP contribution >= 0.6 is 0 Å². The van der Waals surface area contributed by atoms with Crippen LogP contribution in [0.5, 0.6) is 0 Å². The van der Waals surface area contributed by atoms with Crippen molar-refractivity contribution in [3.63, 3.8) is 0 Å². The van der Waals surface area contributed by atoms with Gasteiger partial charge >= 0.3 is 88.5 Å². The molecule has 0 radical (unpaired) electrons. The van der Waals surface area contributed by atoms with Gasteiger partial charge in [-0.15, -0.1) is 0 Å². The number of hydrogen-bond acceptors (Lipinski definition) is 0. The molecule has 2 aliphatic rings. The van der Waals surface area contributed by atoms with Crippen molar-refractivity contribution < 1.29 is 43.6 Å². The van der Waals surface area contributed by atoms with Crippen molar-refractivity contribution >= 4 is 0 Å². The summed E-state index contributed by atoms with van der Waals surface area (Å²) in [6.07, 6.45) is 16.2. The summed E-state index contributed by atoms with van der Waals surface area (Å²) in [5.41, 5.74) is 0. The molecular formula is C13H19Cl2Zr. The van der Waals surface area contributed by atoms with E-state index in [0.29, 0.717) is 0 Å². The van der Waals surface area contributed by atoms with Gasteiger partial charge in [-0.2, -0.15) is 0 Å². The summed E-state index contributed by atoms with van der Waals surface area (Å²) >= 11 is -2.65. The average molecular weight is 337 g/mol. The minimum absolute atomic E-state index is 0. The standard InChI is InChI=1S/2C5H5.3CH3.2ClH.Zr/c2*1-2-4-5-3-1;;;;;;/h2*1-3H,4H2;3*1H3;2*1H;/q;;;;;;;+2/p-2. The van der Waals surface area contributed by atoms with Crippen LogP contribution in [0.1, 0.15) is 12.8 Å². The largest absolute Gasteiger partial charge is 1.00 e. The molecule has 3 heteroatoms. The van der Waals surface area contributed by atoms with Crippen molar-refractivity contribution in [3.8, 4) is 0 Å². The van der Waals surface area contributed by atoms with E-state index >= 15 is 0 Å². The Bertz CT molecular complexity index is 344. The van der Waals surface area contributed by atoms with Crippen LogP contribution in [0.3, 0.4) is 0 Å². The second-order valence-electron chi connectivity index (χ2n) is 5.77. The summed E-state index contributed by atoms with van der Waals surface area (Å²) in [5, 5.41) is 0. The maximum Gasteiger partial charge on any atom is -1.00 e. The molecule has 0 nitrogen and oxygen atoms in total. The molecule has 0 fully saturated rings. The van der Waals surface area contributed by atoms with E-state index in [1.165, 1.54) is 12.8 Å². The van der Waals surface area contributed by atoms with Gasteiger partial charge in [0.1, 0.15) is 0 Å². The molecule has 0 unspecified atom stereocenters. The molecule has 0 aromatic rings. The quantitative estimate of drug-likeness (QED) is 0.576. The SMILES string of the molecule is [CH3][Zr+2]([CH3])([CH3])([C]1=CC=CC1)[C]1=CC=CC1.[Cl-].[Cl-].